The van der Waals surface area contributed by atoms with Gasteiger partial charge in [-0.05, 0) is 49.9 Å². The number of thioether (sulfide) groups is 1. The van der Waals surface area contributed by atoms with Crippen molar-refractivity contribution in [2.75, 3.05) is 0 Å². The van der Waals surface area contributed by atoms with Crippen LogP contribution in [0.15, 0.2) is 53.4 Å². The Morgan fingerprint density at radius 3 is 2.23 bits per heavy atom. The van der Waals surface area contributed by atoms with Crippen molar-refractivity contribution in [3.8, 4) is 0 Å². The molecule has 2 aromatic carbocycles. The normalized spacial score (nSPS) is 14.7. The molecule has 0 saturated heterocycles. The minimum atomic E-state index is -0.191. The Morgan fingerprint density at radius 2 is 1.62 bits per heavy atom. The quantitative estimate of drug-likeness (QED) is 0.719. The first-order chi connectivity index (χ1) is 12.4. The van der Waals surface area contributed by atoms with E-state index >= 15 is 0 Å². The predicted molar refractivity (Wildman–Crippen MR) is 108 cm³/mol. The number of imide groups is 1. The lowest BCUT2D eigenvalue weighted by molar-refractivity contribution is -0.138. The van der Waals surface area contributed by atoms with Crippen molar-refractivity contribution in [2.24, 2.45) is 0 Å². The monoisotopic (exact) mass is 365 g/mol. The highest BCUT2D eigenvalue weighted by Crippen LogP contribution is 2.38. The Morgan fingerprint density at radius 1 is 0.923 bits per heavy atom. The summed E-state index contributed by atoms with van der Waals surface area (Å²) in [4.78, 5) is 27.9. The Balaban J connectivity index is 2.02. The molecule has 0 spiro atoms. The number of carbonyl (C=O) groups is 2. The smallest absolute Gasteiger partial charge is 0.268 e. The van der Waals surface area contributed by atoms with E-state index < -0.39 is 0 Å². The molecule has 134 valence electrons. The molecular formula is C22H23NO2S. The summed E-state index contributed by atoms with van der Waals surface area (Å²) in [6.45, 7) is 7.81. The molecule has 0 N–H and O–H groups in total. The van der Waals surface area contributed by atoms with Crippen molar-refractivity contribution in [2.45, 2.75) is 39.5 Å². The van der Waals surface area contributed by atoms with E-state index in [-0.39, 0.29) is 17.9 Å². The largest absolute Gasteiger partial charge is 0.271 e. The summed E-state index contributed by atoms with van der Waals surface area (Å²) >= 11 is 1.45. The number of amides is 2. The van der Waals surface area contributed by atoms with Gasteiger partial charge in [0.15, 0.2) is 0 Å². The predicted octanol–water partition coefficient (Wildman–Crippen LogP) is 4.73. The van der Waals surface area contributed by atoms with Crippen LogP contribution in [0, 0.1) is 13.8 Å². The number of carbonyl (C=O) groups excluding carboxylic acids is 2. The molecule has 3 nitrogen and oxygen atoms in total. The van der Waals surface area contributed by atoms with Crippen molar-refractivity contribution in [3.63, 3.8) is 0 Å². The van der Waals surface area contributed by atoms with Gasteiger partial charge in [0, 0.05) is 11.8 Å². The van der Waals surface area contributed by atoms with Gasteiger partial charge in [0.25, 0.3) is 11.8 Å². The van der Waals surface area contributed by atoms with Crippen LogP contribution in [0.3, 0.4) is 0 Å². The molecule has 0 aliphatic carbocycles. The Kier molecular flexibility index (Phi) is 5.33. The van der Waals surface area contributed by atoms with Gasteiger partial charge in [0.05, 0.1) is 10.5 Å². The average Bonchev–Trinajstić information content (AvgIpc) is 2.86. The molecule has 0 fully saturated rings. The van der Waals surface area contributed by atoms with Gasteiger partial charge < -0.3 is 0 Å². The molecule has 0 atom stereocenters. The molecule has 2 aromatic rings. The standard InChI is InChI=1S/C22H23NO2S/c1-14(2)23-21(24)19(18-11-10-15(3)16(4)12-18)20(22(23)25)26-13-17-8-6-5-7-9-17/h5-12,14H,13H2,1-4H3. The van der Waals surface area contributed by atoms with Crippen LogP contribution in [0.5, 0.6) is 0 Å². The van der Waals surface area contributed by atoms with E-state index in [0.717, 1.165) is 16.7 Å². The molecule has 1 heterocycles. The molecule has 0 radical (unpaired) electrons. The zero-order valence-electron chi connectivity index (χ0n) is 15.6. The van der Waals surface area contributed by atoms with Crippen molar-refractivity contribution < 1.29 is 9.59 Å². The van der Waals surface area contributed by atoms with Crippen LogP contribution in [0.4, 0.5) is 0 Å². The highest BCUT2D eigenvalue weighted by molar-refractivity contribution is 8.03. The fourth-order valence-corrected chi connectivity index (χ4v) is 4.09. The lowest BCUT2D eigenvalue weighted by Gasteiger charge is -2.19. The minimum Gasteiger partial charge on any atom is -0.271 e. The number of aryl methyl sites for hydroxylation is 2. The highest BCUT2D eigenvalue weighted by atomic mass is 32.2. The van der Waals surface area contributed by atoms with Gasteiger partial charge in [-0.2, -0.15) is 0 Å². The van der Waals surface area contributed by atoms with Gasteiger partial charge in [0.1, 0.15) is 0 Å². The summed E-state index contributed by atoms with van der Waals surface area (Å²) in [6.07, 6.45) is 0. The fraction of sp³-hybridized carbons (Fsp3) is 0.273. The summed E-state index contributed by atoms with van der Waals surface area (Å²) in [7, 11) is 0. The van der Waals surface area contributed by atoms with E-state index in [0.29, 0.717) is 16.2 Å². The maximum Gasteiger partial charge on any atom is 0.268 e. The summed E-state index contributed by atoms with van der Waals surface area (Å²) in [6, 6.07) is 15.8. The summed E-state index contributed by atoms with van der Waals surface area (Å²) in [5.41, 5.74) is 4.78. The van der Waals surface area contributed by atoms with E-state index in [2.05, 4.69) is 0 Å². The lowest BCUT2D eigenvalue weighted by atomic mass is 10.0. The average molecular weight is 365 g/mol. The van der Waals surface area contributed by atoms with Crippen LogP contribution < -0.4 is 0 Å². The zero-order chi connectivity index (χ0) is 18.8. The van der Waals surface area contributed by atoms with Crippen molar-refractivity contribution >= 4 is 29.1 Å². The third-order valence-electron chi connectivity index (χ3n) is 4.61. The molecule has 0 aromatic heterocycles. The first-order valence-corrected chi connectivity index (χ1v) is 9.75. The Bertz CT molecular complexity index is 884. The molecule has 4 heteroatoms. The number of rotatable bonds is 5. The lowest BCUT2D eigenvalue weighted by Crippen LogP contribution is -2.37. The molecular weight excluding hydrogens is 342 g/mol. The summed E-state index contributed by atoms with van der Waals surface area (Å²) in [5, 5.41) is 0. The minimum absolute atomic E-state index is 0.161. The van der Waals surface area contributed by atoms with Crippen LogP contribution in [0.2, 0.25) is 0 Å². The third kappa shape index (κ3) is 3.47. The first kappa shape index (κ1) is 18.5. The van der Waals surface area contributed by atoms with Crippen molar-refractivity contribution in [3.05, 3.63) is 75.7 Å². The zero-order valence-corrected chi connectivity index (χ0v) is 16.4. The number of hydrogen-bond donors (Lipinski definition) is 0. The molecule has 1 aliphatic heterocycles. The van der Waals surface area contributed by atoms with Gasteiger partial charge in [0.2, 0.25) is 0 Å². The maximum atomic E-state index is 13.0. The number of hydrogen-bond acceptors (Lipinski definition) is 3. The van der Waals surface area contributed by atoms with E-state index in [1.165, 1.54) is 22.2 Å². The fourth-order valence-electron chi connectivity index (χ4n) is 3.01. The maximum absolute atomic E-state index is 13.0. The van der Waals surface area contributed by atoms with Crippen LogP contribution in [0.1, 0.15) is 36.1 Å². The molecule has 26 heavy (non-hydrogen) atoms. The Labute approximate surface area is 159 Å². The molecule has 0 bridgehead atoms. The van der Waals surface area contributed by atoms with E-state index in [4.69, 9.17) is 0 Å². The van der Waals surface area contributed by atoms with Gasteiger partial charge >= 0.3 is 0 Å². The SMILES string of the molecule is Cc1ccc(C2=C(SCc3ccccc3)C(=O)N(C(C)C)C2=O)cc1C. The van der Waals surface area contributed by atoms with Gasteiger partial charge in [-0.15, -0.1) is 11.8 Å². The molecule has 3 rings (SSSR count). The molecule has 0 unspecified atom stereocenters. The van der Waals surface area contributed by atoms with Gasteiger partial charge in [-0.25, -0.2) is 0 Å². The van der Waals surface area contributed by atoms with E-state index in [1.807, 2.05) is 76.2 Å². The van der Waals surface area contributed by atoms with Gasteiger partial charge in [-0.1, -0.05) is 48.5 Å². The summed E-state index contributed by atoms with van der Waals surface area (Å²) < 4.78 is 0. The molecule has 1 aliphatic rings. The first-order valence-electron chi connectivity index (χ1n) is 8.76. The molecule has 2 amide bonds. The Hall–Kier alpha value is -2.33. The highest BCUT2D eigenvalue weighted by Gasteiger charge is 2.40. The molecule has 0 saturated carbocycles. The summed E-state index contributed by atoms with van der Waals surface area (Å²) in [5.74, 6) is 0.290. The van der Waals surface area contributed by atoms with Crippen LogP contribution >= 0.6 is 11.8 Å². The van der Waals surface area contributed by atoms with E-state index in [1.54, 1.807) is 0 Å². The van der Waals surface area contributed by atoms with Crippen molar-refractivity contribution in [1.82, 2.24) is 4.90 Å². The van der Waals surface area contributed by atoms with Crippen LogP contribution in [0.25, 0.3) is 5.57 Å². The second kappa shape index (κ2) is 7.50. The number of benzene rings is 2. The van der Waals surface area contributed by atoms with Gasteiger partial charge in [-0.3, -0.25) is 14.5 Å². The van der Waals surface area contributed by atoms with Crippen LogP contribution in [-0.4, -0.2) is 22.8 Å². The second-order valence-electron chi connectivity index (χ2n) is 6.85. The topological polar surface area (TPSA) is 37.4 Å². The van der Waals surface area contributed by atoms with Crippen molar-refractivity contribution in [1.29, 1.82) is 0 Å². The number of nitrogens with zero attached hydrogens (tertiary/aromatic N) is 1. The van der Waals surface area contributed by atoms with Crippen LogP contribution in [-0.2, 0) is 15.3 Å². The second-order valence-corrected chi connectivity index (χ2v) is 7.84. The van der Waals surface area contributed by atoms with E-state index in [9.17, 15) is 9.59 Å². The third-order valence-corrected chi connectivity index (χ3v) is 5.76.